The summed E-state index contributed by atoms with van der Waals surface area (Å²) in [7, 11) is 2.92. The third kappa shape index (κ3) is 5.11. The fourth-order valence-corrected chi connectivity index (χ4v) is 3.49. The van der Waals surface area contributed by atoms with Crippen molar-refractivity contribution in [2.45, 2.75) is 20.0 Å². The molecule has 1 N–H and O–H groups in total. The van der Waals surface area contributed by atoms with E-state index < -0.39 is 11.9 Å². The lowest BCUT2D eigenvalue weighted by molar-refractivity contribution is -0.141. The van der Waals surface area contributed by atoms with Gasteiger partial charge in [-0.15, -0.1) is 0 Å². The quantitative estimate of drug-likeness (QED) is 0.355. The van der Waals surface area contributed by atoms with Gasteiger partial charge in [-0.25, -0.2) is 14.6 Å². The number of nitrogens with zero attached hydrogens (tertiary/aromatic N) is 5. The summed E-state index contributed by atoms with van der Waals surface area (Å²) in [5.74, 6) is 0.591. The van der Waals surface area contributed by atoms with Crippen LogP contribution in [0.5, 0.6) is 11.6 Å². The molecule has 0 saturated heterocycles. The van der Waals surface area contributed by atoms with E-state index >= 15 is 0 Å². The lowest BCUT2D eigenvalue weighted by atomic mass is 10.1. The molecule has 0 spiro atoms. The minimum Gasteiger partial charge on any atom is -0.497 e. The third-order valence-electron chi connectivity index (χ3n) is 5.14. The van der Waals surface area contributed by atoms with Crippen LogP contribution in [0.15, 0.2) is 48.9 Å². The average Bonchev–Trinajstić information content (AvgIpc) is 3.34. The third-order valence-corrected chi connectivity index (χ3v) is 5.14. The smallest absolute Gasteiger partial charge is 0.435 e. The Balaban J connectivity index is 1.85. The van der Waals surface area contributed by atoms with E-state index in [2.05, 4.69) is 25.4 Å². The van der Waals surface area contributed by atoms with E-state index in [4.69, 9.17) is 9.47 Å². The molecule has 1 aromatic carbocycles. The zero-order valence-electron chi connectivity index (χ0n) is 19.7. The minimum absolute atomic E-state index is 0.0455. The first-order valence-electron chi connectivity index (χ1n) is 10.6. The summed E-state index contributed by atoms with van der Waals surface area (Å²) in [6, 6.07) is 7.76. The molecule has 3 aromatic heterocycles. The van der Waals surface area contributed by atoms with Gasteiger partial charge in [-0.2, -0.15) is 23.3 Å². The van der Waals surface area contributed by atoms with E-state index in [9.17, 15) is 18.0 Å². The Hall–Kier alpha value is -4.48. The number of ketones is 1. The molecule has 0 aliphatic heterocycles. The highest BCUT2D eigenvalue weighted by Crippen LogP contribution is 2.32. The Morgan fingerprint density at radius 2 is 1.83 bits per heavy atom. The summed E-state index contributed by atoms with van der Waals surface area (Å²) >= 11 is 0. The molecule has 0 atom stereocenters. The van der Waals surface area contributed by atoms with Gasteiger partial charge in [0.1, 0.15) is 5.75 Å². The molecular formula is C24H21F3N6O3. The molecule has 0 fully saturated rings. The fraction of sp³-hybridized carbons (Fsp3) is 0.208. The number of hydrogen-bond donors (Lipinski definition) is 1. The highest BCUT2D eigenvalue weighted by Gasteiger charge is 2.34. The second-order valence-corrected chi connectivity index (χ2v) is 7.78. The zero-order chi connectivity index (χ0) is 26.0. The van der Waals surface area contributed by atoms with E-state index in [0.717, 1.165) is 22.5 Å². The van der Waals surface area contributed by atoms with Gasteiger partial charge in [0.25, 0.3) is 0 Å². The fourth-order valence-electron chi connectivity index (χ4n) is 3.49. The predicted octanol–water partition coefficient (Wildman–Crippen LogP) is 5.01. The number of Topliss-reactive ketones (excluding diaryl/α,β-unsaturated/α-hetero) is 1. The van der Waals surface area contributed by atoms with Crippen LogP contribution in [0.2, 0.25) is 0 Å². The summed E-state index contributed by atoms with van der Waals surface area (Å²) in [4.78, 5) is 25.0. The van der Waals surface area contributed by atoms with Crippen molar-refractivity contribution in [2.75, 3.05) is 19.5 Å². The lowest BCUT2D eigenvalue weighted by Gasteiger charge is -2.14. The molecule has 4 rings (SSSR count). The SMILES string of the molecule is COc1cc(C)cc(Nc2ncc(-c3cnc(OC)c(C(C)=O)c3)c(-n3ccc(C(F)(F)F)n3)n2)c1. The monoisotopic (exact) mass is 498 g/mol. The topological polar surface area (TPSA) is 104 Å². The molecule has 186 valence electrons. The molecule has 0 amide bonds. The highest BCUT2D eigenvalue weighted by molar-refractivity contribution is 5.97. The van der Waals surface area contributed by atoms with Crippen LogP contribution in [-0.4, -0.2) is 44.7 Å². The number of rotatable bonds is 7. The van der Waals surface area contributed by atoms with Gasteiger partial charge in [0.15, 0.2) is 17.3 Å². The average molecular weight is 498 g/mol. The number of alkyl halides is 3. The summed E-state index contributed by atoms with van der Waals surface area (Å²) < 4.78 is 51.2. The maximum absolute atomic E-state index is 13.2. The number of benzene rings is 1. The van der Waals surface area contributed by atoms with Crippen molar-refractivity contribution in [2.24, 2.45) is 0 Å². The Kier molecular flexibility index (Phi) is 6.60. The summed E-state index contributed by atoms with van der Waals surface area (Å²) in [5.41, 5.74) is 1.35. The maximum Gasteiger partial charge on any atom is 0.435 e. The molecule has 0 bridgehead atoms. The van der Waals surface area contributed by atoms with Crippen molar-refractivity contribution in [3.63, 3.8) is 0 Å². The summed E-state index contributed by atoms with van der Waals surface area (Å²) in [6.07, 6.45) is -0.654. The molecule has 12 heteroatoms. The molecule has 4 aromatic rings. The van der Waals surface area contributed by atoms with Crippen LogP contribution in [0, 0.1) is 6.92 Å². The lowest BCUT2D eigenvalue weighted by Crippen LogP contribution is -2.10. The maximum atomic E-state index is 13.2. The first-order chi connectivity index (χ1) is 17.1. The zero-order valence-corrected chi connectivity index (χ0v) is 19.7. The Labute approximate surface area is 203 Å². The predicted molar refractivity (Wildman–Crippen MR) is 125 cm³/mol. The normalized spacial score (nSPS) is 11.3. The van der Waals surface area contributed by atoms with Gasteiger partial charge in [-0.05, 0) is 43.7 Å². The van der Waals surface area contributed by atoms with Gasteiger partial charge in [0.2, 0.25) is 11.8 Å². The Morgan fingerprint density at radius 3 is 2.47 bits per heavy atom. The van der Waals surface area contributed by atoms with Crippen molar-refractivity contribution >= 4 is 17.4 Å². The number of aromatic nitrogens is 5. The molecule has 9 nitrogen and oxygen atoms in total. The van der Waals surface area contributed by atoms with Crippen molar-refractivity contribution in [1.82, 2.24) is 24.7 Å². The van der Waals surface area contributed by atoms with Crippen molar-refractivity contribution in [1.29, 1.82) is 0 Å². The molecular weight excluding hydrogens is 477 g/mol. The van der Waals surface area contributed by atoms with Crippen molar-refractivity contribution in [3.05, 3.63) is 65.7 Å². The molecule has 0 unspecified atom stereocenters. The standard InChI is InChI=1S/C24H21F3N6O3/c1-13-7-16(10-17(8-13)35-3)30-23-29-12-19(15-9-18(14(2)34)22(36-4)28-11-15)21(31-23)33-6-5-20(32-33)24(25,26)27/h5-12H,1-4H3,(H,29,30,31). The number of carbonyl (C=O) groups is 1. The number of anilines is 2. The van der Waals surface area contributed by atoms with E-state index in [-0.39, 0.29) is 29.0 Å². The Morgan fingerprint density at radius 1 is 1.06 bits per heavy atom. The van der Waals surface area contributed by atoms with Crippen molar-refractivity contribution in [3.8, 4) is 28.6 Å². The number of aryl methyl sites for hydroxylation is 1. The number of hydrogen-bond acceptors (Lipinski definition) is 8. The molecule has 0 radical (unpaired) electrons. The molecule has 0 aliphatic carbocycles. The first-order valence-corrected chi connectivity index (χ1v) is 10.6. The summed E-state index contributed by atoms with van der Waals surface area (Å²) in [6.45, 7) is 3.24. The van der Waals surface area contributed by atoms with Crippen LogP contribution in [0.1, 0.15) is 28.5 Å². The van der Waals surface area contributed by atoms with Gasteiger partial charge in [-0.1, -0.05) is 0 Å². The van der Waals surface area contributed by atoms with Gasteiger partial charge in [-0.3, -0.25) is 4.79 Å². The van der Waals surface area contributed by atoms with Gasteiger partial charge < -0.3 is 14.8 Å². The van der Waals surface area contributed by atoms with E-state index in [1.165, 1.54) is 39.6 Å². The van der Waals surface area contributed by atoms with Crippen LogP contribution in [0.25, 0.3) is 16.9 Å². The molecule has 36 heavy (non-hydrogen) atoms. The molecule has 0 aliphatic rings. The second-order valence-electron chi connectivity index (χ2n) is 7.78. The van der Waals surface area contributed by atoms with E-state index in [1.807, 2.05) is 19.1 Å². The van der Waals surface area contributed by atoms with Gasteiger partial charge in [0.05, 0.1) is 19.8 Å². The Bertz CT molecular complexity index is 1440. The van der Waals surface area contributed by atoms with Gasteiger partial charge >= 0.3 is 6.18 Å². The van der Waals surface area contributed by atoms with Crippen LogP contribution in [0.3, 0.4) is 0 Å². The molecule has 0 saturated carbocycles. The van der Waals surface area contributed by atoms with Crippen LogP contribution in [0.4, 0.5) is 24.8 Å². The number of methoxy groups -OCH3 is 2. The second kappa shape index (κ2) is 9.64. The van der Waals surface area contributed by atoms with Crippen molar-refractivity contribution < 1.29 is 27.4 Å². The molecule has 3 heterocycles. The largest absolute Gasteiger partial charge is 0.497 e. The van der Waals surface area contributed by atoms with Crippen LogP contribution in [-0.2, 0) is 6.18 Å². The highest BCUT2D eigenvalue weighted by atomic mass is 19.4. The van der Waals surface area contributed by atoms with Crippen LogP contribution < -0.4 is 14.8 Å². The number of carbonyl (C=O) groups excluding carboxylic acids is 1. The van der Waals surface area contributed by atoms with E-state index in [1.54, 1.807) is 6.07 Å². The number of pyridine rings is 1. The number of nitrogens with one attached hydrogen (secondary N) is 1. The number of ether oxygens (including phenoxy) is 2. The van der Waals surface area contributed by atoms with Gasteiger partial charge in [0, 0.05) is 41.5 Å². The number of halogens is 3. The minimum atomic E-state index is -4.64. The van der Waals surface area contributed by atoms with E-state index in [0.29, 0.717) is 22.6 Å². The first kappa shape index (κ1) is 24.6. The summed E-state index contributed by atoms with van der Waals surface area (Å²) in [5, 5.41) is 6.70. The van der Waals surface area contributed by atoms with Crippen LogP contribution >= 0.6 is 0 Å².